The molecule has 0 spiro atoms. The minimum absolute atomic E-state index is 0.629. The number of aryl methyl sites for hydroxylation is 1. The maximum atomic E-state index is 9.31. The summed E-state index contributed by atoms with van der Waals surface area (Å²) in [7, 11) is 1.63. The largest absolute Gasteiger partial charge is 0.496 e. The Balaban J connectivity index is 2.44. The number of rotatable bonds is 3. The van der Waals surface area contributed by atoms with E-state index in [2.05, 4.69) is 6.07 Å². The lowest BCUT2D eigenvalue weighted by atomic mass is 10.0. The molecule has 0 aromatic heterocycles. The normalized spacial score (nSPS) is 10.9. The van der Waals surface area contributed by atoms with Gasteiger partial charge in [0.15, 0.2) is 0 Å². The number of benzene rings is 2. The van der Waals surface area contributed by atoms with Gasteiger partial charge in [-0.3, -0.25) is 0 Å². The molecule has 0 heterocycles. The summed E-state index contributed by atoms with van der Waals surface area (Å²) in [4.78, 5) is 0. The lowest BCUT2D eigenvalue weighted by molar-refractivity contribution is 0.414. The molecule has 0 saturated carbocycles. The number of methoxy groups -OCH3 is 1. The zero-order valence-corrected chi connectivity index (χ0v) is 11.1. The van der Waals surface area contributed by atoms with Crippen molar-refractivity contribution in [3.63, 3.8) is 0 Å². The molecule has 0 N–H and O–H groups in total. The van der Waals surface area contributed by atoms with Crippen molar-refractivity contribution >= 4 is 11.6 Å². The summed E-state index contributed by atoms with van der Waals surface area (Å²) in [6.45, 7) is 2.03. The van der Waals surface area contributed by atoms with Crippen LogP contribution in [0.25, 0.3) is 11.6 Å². The number of hydrogen-bond acceptors (Lipinski definition) is 2. The second-order valence-electron chi connectivity index (χ2n) is 4.28. The summed E-state index contributed by atoms with van der Waals surface area (Å²) >= 11 is 0. The highest BCUT2D eigenvalue weighted by molar-refractivity contribution is 5.90. The Kier molecular flexibility index (Phi) is 4.00. The third-order valence-electron chi connectivity index (χ3n) is 2.92. The van der Waals surface area contributed by atoms with Crippen molar-refractivity contribution in [1.82, 2.24) is 0 Å². The number of nitriles is 1. The topological polar surface area (TPSA) is 33.0 Å². The van der Waals surface area contributed by atoms with Crippen LogP contribution in [0.4, 0.5) is 0 Å². The number of para-hydroxylation sites is 1. The Morgan fingerprint density at radius 2 is 1.79 bits per heavy atom. The van der Waals surface area contributed by atoms with Crippen LogP contribution in [-0.4, -0.2) is 7.11 Å². The SMILES string of the molecule is COc1ccccc1/C=C(/C#N)c1ccc(C)cc1. The van der Waals surface area contributed by atoms with Crippen molar-refractivity contribution in [2.75, 3.05) is 7.11 Å². The van der Waals surface area contributed by atoms with E-state index in [1.807, 2.05) is 61.5 Å². The summed E-state index contributed by atoms with van der Waals surface area (Å²) in [5.74, 6) is 0.766. The monoisotopic (exact) mass is 249 g/mol. The first-order chi connectivity index (χ1) is 9.24. The summed E-state index contributed by atoms with van der Waals surface area (Å²) in [6.07, 6.45) is 1.85. The highest BCUT2D eigenvalue weighted by Crippen LogP contribution is 2.24. The molecular formula is C17H15NO. The molecule has 0 saturated heterocycles. The lowest BCUT2D eigenvalue weighted by Crippen LogP contribution is -1.87. The molecule has 2 heteroatoms. The molecule has 2 rings (SSSR count). The maximum Gasteiger partial charge on any atom is 0.126 e. The first kappa shape index (κ1) is 12.9. The molecule has 0 atom stereocenters. The third kappa shape index (κ3) is 3.02. The van der Waals surface area contributed by atoms with E-state index < -0.39 is 0 Å². The average Bonchev–Trinajstić information content (AvgIpc) is 2.46. The van der Waals surface area contributed by atoms with Gasteiger partial charge in [0.1, 0.15) is 5.75 Å². The van der Waals surface area contributed by atoms with Crippen molar-refractivity contribution in [3.05, 3.63) is 65.2 Å². The third-order valence-corrected chi connectivity index (χ3v) is 2.92. The van der Waals surface area contributed by atoms with E-state index in [9.17, 15) is 5.26 Å². The van der Waals surface area contributed by atoms with E-state index in [-0.39, 0.29) is 0 Å². The van der Waals surface area contributed by atoms with Gasteiger partial charge in [-0.25, -0.2) is 0 Å². The molecule has 0 unspecified atom stereocenters. The van der Waals surface area contributed by atoms with Crippen LogP contribution in [0.3, 0.4) is 0 Å². The van der Waals surface area contributed by atoms with Crippen LogP contribution in [0.5, 0.6) is 5.75 Å². The van der Waals surface area contributed by atoms with Crippen molar-refractivity contribution in [2.24, 2.45) is 0 Å². The van der Waals surface area contributed by atoms with Crippen LogP contribution in [-0.2, 0) is 0 Å². The Bertz CT molecular complexity index is 633. The maximum absolute atomic E-state index is 9.31. The average molecular weight is 249 g/mol. The second-order valence-corrected chi connectivity index (χ2v) is 4.28. The summed E-state index contributed by atoms with van der Waals surface area (Å²) < 4.78 is 5.29. The highest BCUT2D eigenvalue weighted by atomic mass is 16.5. The summed E-state index contributed by atoms with van der Waals surface area (Å²) in [5.41, 5.74) is 3.63. The molecule has 0 bridgehead atoms. The zero-order valence-electron chi connectivity index (χ0n) is 11.1. The molecule has 0 aliphatic rings. The molecule has 19 heavy (non-hydrogen) atoms. The molecule has 94 valence electrons. The fourth-order valence-electron chi connectivity index (χ4n) is 1.85. The molecule has 0 amide bonds. The van der Waals surface area contributed by atoms with Gasteiger partial charge >= 0.3 is 0 Å². The van der Waals surface area contributed by atoms with Gasteiger partial charge in [-0.05, 0) is 24.6 Å². The van der Waals surface area contributed by atoms with Gasteiger partial charge in [-0.1, -0.05) is 48.0 Å². The molecule has 2 aromatic rings. The van der Waals surface area contributed by atoms with E-state index in [0.717, 1.165) is 16.9 Å². The van der Waals surface area contributed by atoms with E-state index in [1.54, 1.807) is 7.11 Å². The van der Waals surface area contributed by atoms with Crippen molar-refractivity contribution in [3.8, 4) is 11.8 Å². The number of hydrogen-bond donors (Lipinski definition) is 0. The Hall–Kier alpha value is -2.53. The van der Waals surface area contributed by atoms with Gasteiger partial charge < -0.3 is 4.74 Å². The number of allylic oxidation sites excluding steroid dienone is 1. The van der Waals surface area contributed by atoms with Gasteiger partial charge in [0.05, 0.1) is 18.8 Å². The minimum atomic E-state index is 0.629. The summed E-state index contributed by atoms with van der Waals surface area (Å²) in [5, 5.41) is 9.31. The van der Waals surface area contributed by atoms with Gasteiger partial charge in [-0.15, -0.1) is 0 Å². The predicted molar refractivity (Wildman–Crippen MR) is 77.7 cm³/mol. The molecule has 2 nitrogen and oxygen atoms in total. The van der Waals surface area contributed by atoms with Gasteiger partial charge in [0.25, 0.3) is 0 Å². The van der Waals surface area contributed by atoms with Gasteiger partial charge in [-0.2, -0.15) is 5.26 Å². The number of nitrogens with zero attached hydrogens (tertiary/aromatic N) is 1. The van der Waals surface area contributed by atoms with Gasteiger partial charge in [0, 0.05) is 5.56 Å². The van der Waals surface area contributed by atoms with Gasteiger partial charge in [0.2, 0.25) is 0 Å². The summed E-state index contributed by atoms with van der Waals surface area (Å²) in [6, 6.07) is 17.8. The van der Waals surface area contributed by atoms with Crippen LogP contribution in [0.1, 0.15) is 16.7 Å². The smallest absolute Gasteiger partial charge is 0.126 e. The minimum Gasteiger partial charge on any atom is -0.496 e. The van der Waals surface area contributed by atoms with Crippen LogP contribution < -0.4 is 4.74 Å². The van der Waals surface area contributed by atoms with E-state index in [4.69, 9.17) is 4.74 Å². The van der Waals surface area contributed by atoms with E-state index in [0.29, 0.717) is 5.57 Å². The van der Waals surface area contributed by atoms with Crippen molar-refractivity contribution in [1.29, 1.82) is 5.26 Å². The van der Waals surface area contributed by atoms with E-state index in [1.165, 1.54) is 5.56 Å². The van der Waals surface area contributed by atoms with Crippen molar-refractivity contribution < 1.29 is 4.74 Å². The van der Waals surface area contributed by atoms with Crippen LogP contribution in [0.15, 0.2) is 48.5 Å². The first-order valence-corrected chi connectivity index (χ1v) is 6.06. The molecule has 2 aromatic carbocycles. The Morgan fingerprint density at radius 1 is 1.11 bits per heavy atom. The lowest BCUT2D eigenvalue weighted by Gasteiger charge is -2.05. The van der Waals surface area contributed by atoms with Crippen LogP contribution in [0, 0.1) is 18.3 Å². The fraction of sp³-hybridized carbons (Fsp3) is 0.118. The quantitative estimate of drug-likeness (QED) is 0.607. The predicted octanol–water partition coefficient (Wildman–Crippen LogP) is 4.07. The molecular weight excluding hydrogens is 234 g/mol. The molecule has 0 radical (unpaired) electrons. The molecule has 0 fully saturated rings. The molecule has 0 aliphatic heterocycles. The molecule has 0 aliphatic carbocycles. The zero-order chi connectivity index (χ0) is 13.7. The second kappa shape index (κ2) is 5.88. The highest BCUT2D eigenvalue weighted by Gasteiger charge is 2.04. The van der Waals surface area contributed by atoms with Crippen LogP contribution >= 0.6 is 0 Å². The van der Waals surface area contributed by atoms with E-state index >= 15 is 0 Å². The van der Waals surface area contributed by atoms with Crippen LogP contribution in [0.2, 0.25) is 0 Å². The van der Waals surface area contributed by atoms with Crippen molar-refractivity contribution in [2.45, 2.75) is 6.92 Å². The first-order valence-electron chi connectivity index (χ1n) is 6.06. The fourth-order valence-corrected chi connectivity index (χ4v) is 1.85. The standard InChI is InChI=1S/C17H15NO/c1-13-7-9-14(10-8-13)16(12-18)11-15-5-3-4-6-17(15)19-2/h3-11H,1-2H3/b16-11-. The Morgan fingerprint density at radius 3 is 2.42 bits per heavy atom. The Labute approximate surface area is 113 Å². The number of ether oxygens (including phenoxy) is 1.